The number of nitrogens with zero attached hydrogens (tertiary/aromatic N) is 3. The third-order valence-corrected chi connectivity index (χ3v) is 5.25. The average molecular weight is 389 g/mol. The van der Waals surface area contributed by atoms with E-state index in [0.717, 1.165) is 0 Å². The van der Waals surface area contributed by atoms with Gasteiger partial charge in [0.2, 0.25) is 0 Å². The van der Waals surface area contributed by atoms with Crippen LogP contribution in [0.1, 0.15) is 32.9 Å². The summed E-state index contributed by atoms with van der Waals surface area (Å²) in [6.07, 6.45) is 1.05. The highest BCUT2D eigenvalue weighted by atomic mass is 31.2. The molecule has 0 spiro atoms. The Kier molecular flexibility index (Phi) is 7.30. The Balaban J connectivity index is 1.87. The normalized spacial score (nSPS) is 13.3. The van der Waals surface area contributed by atoms with Crippen LogP contribution in [-0.4, -0.2) is 50.8 Å². The molecule has 0 bridgehead atoms. The van der Waals surface area contributed by atoms with Gasteiger partial charge in [0.25, 0.3) is 0 Å². The minimum absolute atomic E-state index is 0.0943. The first-order valence-corrected chi connectivity index (χ1v) is 9.99. The van der Waals surface area contributed by atoms with E-state index >= 15 is 0 Å². The van der Waals surface area contributed by atoms with Gasteiger partial charge in [-0.2, -0.15) is 4.98 Å². The smallest absolute Gasteiger partial charge is 0.356 e. The first-order valence-electron chi connectivity index (χ1n) is 8.26. The zero-order valence-corrected chi connectivity index (χ0v) is 15.6. The predicted molar refractivity (Wildman–Crippen MR) is 94.7 cm³/mol. The van der Waals surface area contributed by atoms with E-state index in [1.165, 1.54) is 10.9 Å². The van der Waals surface area contributed by atoms with Gasteiger partial charge in [0.05, 0.1) is 19.5 Å². The SMILES string of the molecule is CCOP(=O)(COCCCC(O)n1cnc2c(N)[nH]c(=O)nc21)OCC. The van der Waals surface area contributed by atoms with Gasteiger partial charge < -0.3 is 24.6 Å². The zero-order valence-electron chi connectivity index (χ0n) is 14.8. The number of ether oxygens (including phenoxy) is 1. The highest BCUT2D eigenvalue weighted by Crippen LogP contribution is 2.47. The molecule has 2 rings (SSSR count). The fourth-order valence-electron chi connectivity index (χ4n) is 2.36. The molecule has 12 heteroatoms. The lowest BCUT2D eigenvalue weighted by molar-refractivity contribution is 0.0761. The second kappa shape index (κ2) is 9.24. The maximum absolute atomic E-state index is 12.2. The molecule has 4 N–H and O–H groups in total. The molecule has 0 aliphatic carbocycles. The standard InChI is InChI=1S/C14H24N5O6P/c1-3-24-26(22,25-4-2)9-23-7-5-6-10(20)19-8-16-11-12(15)17-14(21)18-13(11)19/h8,10,20H,3-7,9H2,1-2H3,(H3,15,17,18,21). The summed E-state index contributed by atoms with van der Waals surface area (Å²) in [6.45, 7) is 4.24. The van der Waals surface area contributed by atoms with Crippen molar-refractivity contribution in [3.8, 4) is 0 Å². The Morgan fingerprint density at radius 2 is 2.08 bits per heavy atom. The molecule has 0 saturated heterocycles. The van der Waals surface area contributed by atoms with Crippen LogP contribution in [0.25, 0.3) is 11.2 Å². The lowest BCUT2D eigenvalue weighted by Gasteiger charge is -2.17. The molecule has 2 heterocycles. The molecule has 0 amide bonds. The van der Waals surface area contributed by atoms with E-state index in [1.807, 2.05) is 0 Å². The van der Waals surface area contributed by atoms with Crippen molar-refractivity contribution in [2.75, 3.05) is 31.9 Å². The van der Waals surface area contributed by atoms with Crippen molar-refractivity contribution in [2.24, 2.45) is 0 Å². The van der Waals surface area contributed by atoms with Gasteiger partial charge in [-0.1, -0.05) is 0 Å². The third-order valence-electron chi connectivity index (χ3n) is 3.44. The highest BCUT2D eigenvalue weighted by molar-refractivity contribution is 7.53. The molecule has 146 valence electrons. The maximum atomic E-state index is 12.2. The van der Waals surface area contributed by atoms with Crippen LogP contribution in [-0.2, 0) is 18.3 Å². The largest absolute Gasteiger partial charge is 0.383 e. The lowest BCUT2D eigenvalue weighted by atomic mass is 10.3. The monoisotopic (exact) mass is 389 g/mol. The number of hydrogen-bond donors (Lipinski definition) is 3. The number of aromatic nitrogens is 4. The summed E-state index contributed by atoms with van der Waals surface area (Å²) in [6, 6.07) is 0. The minimum atomic E-state index is -3.24. The number of imidazole rings is 1. The lowest BCUT2D eigenvalue weighted by Crippen LogP contribution is -2.16. The third kappa shape index (κ3) is 5.12. The summed E-state index contributed by atoms with van der Waals surface area (Å²) in [7, 11) is -3.24. The predicted octanol–water partition coefficient (Wildman–Crippen LogP) is 1.21. The Hall–Kier alpha value is -1.78. The maximum Gasteiger partial charge on any atom is 0.356 e. The van der Waals surface area contributed by atoms with Gasteiger partial charge in [0.1, 0.15) is 23.9 Å². The van der Waals surface area contributed by atoms with E-state index in [-0.39, 0.29) is 37.6 Å². The van der Waals surface area contributed by atoms with Crippen LogP contribution >= 0.6 is 7.60 Å². The summed E-state index contributed by atoms with van der Waals surface area (Å²) in [4.78, 5) is 21.6. The van der Waals surface area contributed by atoms with E-state index in [1.54, 1.807) is 13.8 Å². The molecule has 0 saturated carbocycles. The van der Waals surface area contributed by atoms with E-state index in [9.17, 15) is 14.5 Å². The van der Waals surface area contributed by atoms with E-state index in [4.69, 9.17) is 19.5 Å². The number of aromatic amines is 1. The van der Waals surface area contributed by atoms with Crippen LogP contribution in [0.2, 0.25) is 0 Å². The van der Waals surface area contributed by atoms with Gasteiger partial charge in [0, 0.05) is 6.61 Å². The topological polar surface area (TPSA) is 155 Å². The summed E-state index contributed by atoms with van der Waals surface area (Å²) < 4.78 is 29.2. The number of aliphatic hydroxyl groups excluding tert-OH is 1. The quantitative estimate of drug-likeness (QED) is 0.380. The van der Waals surface area contributed by atoms with Crippen molar-refractivity contribution in [1.82, 2.24) is 19.5 Å². The van der Waals surface area contributed by atoms with Crippen LogP contribution in [0.15, 0.2) is 11.1 Å². The minimum Gasteiger partial charge on any atom is -0.383 e. The Morgan fingerprint density at radius 3 is 2.73 bits per heavy atom. The summed E-state index contributed by atoms with van der Waals surface area (Å²) in [5.41, 5.74) is 5.58. The number of hydrogen-bond acceptors (Lipinski definition) is 9. The molecule has 0 fully saturated rings. The molecule has 2 aromatic heterocycles. The van der Waals surface area contributed by atoms with Crippen LogP contribution in [0.5, 0.6) is 0 Å². The van der Waals surface area contributed by atoms with Crippen LogP contribution < -0.4 is 11.4 Å². The van der Waals surface area contributed by atoms with Gasteiger partial charge in [-0.25, -0.2) is 9.78 Å². The molecule has 0 aliphatic rings. The van der Waals surface area contributed by atoms with Gasteiger partial charge in [-0.3, -0.25) is 14.1 Å². The van der Waals surface area contributed by atoms with Crippen LogP contribution in [0.3, 0.4) is 0 Å². The fourth-order valence-corrected chi connectivity index (χ4v) is 3.72. The van der Waals surface area contributed by atoms with Crippen molar-refractivity contribution < 1.29 is 23.5 Å². The number of nitrogens with two attached hydrogens (primary N) is 1. The van der Waals surface area contributed by atoms with Crippen molar-refractivity contribution in [3.63, 3.8) is 0 Å². The summed E-state index contributed by atoms with van der Waals surface area (Å²) >= 11 is 0. The number of rotatable bonds is 11. The van der Waals surface area contributed by atoms with E-state index in [2.05, 4.69) is 15.0 Å². The molecule has 11 nitrogen and oxygen atoms in total. The number of nitrogens with one attached hydrogen (secondary N) is 1. The number of anilines is 1. The molecule has 26 heavy (non-hydrogen) atoms. The summed E-state index contributed by atoms with van der Waals surface area (Å²) in [5, 5.41) is 10.3. The fraction of sp³-hybridized carbons (Fsp3) is 0.643. The average Bonchev–Trinajstić information content (AvgIpc) is 2.99. The van der Waals surface area contributed by atoms with Crippen molar-refractivity contribution >= 4 is 24.6 Å². The molecule has 1 unspecified atom stereocenters. The van der Waals surface area contributed by atoms with E-state index < -0.39 is 19.5 Å². The molecular formula is C14H24N5O6P. The molecule has 0 aromatic carbocycles. The van der Waals surface area contributed by atoms with Gasteiger partial charge >= 0.3 is 13.3 Å². The number of nitrogen functional groups attached to an aromatic ring is 1. The second-order valence-electron chi connectivity index (χ2n) is 5.39. The molecule has 0 radical (unpaired) electrons. The molecule has 2 aromatic rings. The van der Waals surface area contributed by atoms with Crippen LogP contribution in [0.4, 0.5) is 5.82 Å². The highest BCUT2D eigenvalue weighted by Gasteiger charge is 2.23. The van der Waals surface area contributed by atoms with Crippen LogP contribution in [0, 0.1) is 0 Å². The van der Waals surface area contributed by atoms with Crippen molar-refractivity contribution in [2.45, 2.75) is 32.9 Å². The second-order valence-corrected chi connectivity index (χ2v) is 7.38. The first kappa shape index (κ1) is 20.5. The number of fused-ring (bicyclic) bond motifs is 1. The Labute approximate surface area is 150 Å². The Morgan fingerprint density at radius 1 is 1.38 bits per heavy atom. The van der Waals surface area contributed by atoms with Crippen molar-refractivity contribution in [3.05, 3.63) is 16.8 Å². The summed E-state index contributed by atoms with van der Waals surface area (Å²) in [5.74, 6) is 0.0943. The van der Waals surface area contributed by atoms with Gasteiger partial charge in [-0.15, -0.1) is 0 Å². The zero-order chi connectivity index (χ0) is 19.2. The van der Waals surface area contributed by atoms with E-state index in [0.29, 0.717) is 18.4 Å². The molecule has 1 atom stereocenters. The van der Waals surface area contributed by atoms with Crippen molar-refractivity contribution in [1.29, 1.82) is 0 Å². The number of aliphatic hydroxyl groups is 1. The number of H-pyrrole nitrogens is 1. The first-order chi connectivity index (χ1) is 12.4. The molecule has 0 aliphatic heterocycles. The van der Waals surface area contributed by atoms with Gasteiger partial charge in [-0.05, 0) is 26.7 Å². The molecular weight excluding hydrogens is 365 g/mol. The Bertz CT molecular complexity index is 812. The van der Waals surface area contributed by atoms with Gasteiger partial charge in [0.15, 0.2) is 5.65 Å².